The van der Waals surface area contributed by atoms with Gasteiger partial charge in [0.1, 0.15) is 11.3 Å². The number of carbonyl (C=O) groups excluding carboxylic acids is 1. The summed E-state index contributed by atoms with van der Waals surface area (Å²) in [6.07, 6.45) is 0. The number of hydrogen-bond donors (Lipinski definition) is 1. The first-order chi connectivity index (χ1) is 14.1. The Labute approximate surface area is 172 Å². The lowest BCUT2D eigenvalue weighted by atomic mass is 10.1. The van der Waals surface area contributed by atoms with E-state index in [-0.39, 0.29) is 11.7 Å². The highest BCUT2D eigenvalue weighted by Gasteiger charge is 2.10. The molecule has 0 atom stereocenters. The number of rotatable bonds is 6. The van der Waals surface area contributed by atoms with Gasteiger partial charge in [-0.1, -0.05) is 48.2 Å². The van der Waals surface area contributed by atoms with Crippen molar-refractivity contribution in [2.24, 2.45) is 0 Å². The van der Waals surface area contributed by atoms with E-state index in [9.17, 15) is 9.18 Å². The number of aryl methyl sites for hydroxylation is 1. The van der Waals surface area contributed by atoms with Crippen molar-refractivity contribution in [1.29, 1.82) is 0 Å². The zero-order chi connectivity index (χ0) is 20.2. The Hall–Kier alpha value is -3.12. The van der Waals surface area contributed by atoms with E-state index in [0.717, 1.165) is 27.8 Å². The van der Waals surface area contributed by atoms with E-state index < -0.39 is 0 Å². The number of benzene rings is 3. The summed E-state index contributed by atoms with van der Waals surface area (Å²) in [4.78, 5) is 17.0. The summed E-state index contributed by atoms with van der Waals surface area (Å²) in [6, 6.07) is 19.4. The minimum absolute atomic E-state index is 0.168. The largest absolute Gasteiger partial charge is 0.431 e. The summed E-state index contributed by atoms with van der Waals surface area (Å²) in [5, 5.41) is 3.47. The fourth-order valence-corrected chi connectivity index (χ4v) is 3.74. The third kappa shape index (κ3) is 4.66. The van der Waals surface area contributed by atoms with Crippen molar-refractivity contribution in [2.75, 3.05) is 0 Å². The highest BCUT2D eigenvalue weighted by atomic mass is 32.2. The number of thioether (sulfide) groups is 1. The van der Waals surface area contributed by atoms with Gasteiger partial charge in [0, 0.05) is 17.9 Å². The zero-order valence-electron chi connectivity index (χ0n) is 15.8. The van der Waals surface area contributed by atoms with Crippen molar-refractivity contribution < 1.29 is 13.6 Å². The smallest absolute Gasteiger partial charge is 0.257 e. The average Bonchev–Trinajstić information content (AvgIpc) is 3.16. The normalized spacial score (nSPS) is 11.0. The maximum absolute atomic E-state index is 13.0. The Balaban J connectivity index is 1.39. The SMILES string of the molecule is Cc1cccc2oc(SCc3cccc(C(=O)NCc4ccc(F)cc4)c3)nc12. The number of halogens is 1. The minimum Gasteiger partial charge on any atom is -0.431 e. The average molecular weight is 406 g/mol. The molecule has 0 bridgehead atoms. The monoisotopic (exact) mass is 406 g/mol. The van der Waals surface area contributed by atoms with Gasteiger partial charge < -0.3 is 9.73 Å². The van der Waals surface area contributed by atoms with Crippen LogP contribution >= 0.6 is 11.8 Å². The van der Waals surface area contributed by atoms with Crippen LogP contribution in [-0.2, 0) is 12.3 Å². The fourth-order valence-electron chi connectivity index (χ4n) is 2.96. The molecule has 1 amide bonds. The van der Waals surface area contributed by atoms with Crippen molar-refractivity contribution in [3.8, 4) is 0 Å². The molecule has 4 nitrogen and oxygen atoms in total. The molecule has 0 aliphatic carbocycles. The standard InChI is InChI=1S/C23H19FN2O2S/c1-15-4-2-7-20-21(15)26-23(28-20)29-14-17-5-3-6-18(12-17)22(27)25-13-16-8-10-19(24)11-9-16/h2-12H,13-14H2,1H3,(H,25,27). The predicted molar refractivity (Wildman–Crippen MR) is 112 cm³/mol. The Morgan fingerprint density at radius 3 is 2.66 bits per heavy atom. The molecule has 0 unspecified atom stereocenters. The van der Waals surface area contributed by atoms with Crippen LogP contribution in [0.4, 0.5) is 4.39 Å². The molecule has 0 radical (unpaired) electrons. The van der Waals surface area contributed by atoms with E-state index in [1.54, 1.807) is 18.2 Å². The maximum atomic E-state index is 13.0. The second-order valence-electron chi connectivity index (χ2n) is 6.70. The molecule has 4 rings (SSSR count). The van der Waals surface area contributed by atoms with Gasteiger partial charge >= 0.3 is 0 Å². The molecule has 1 N–H and O–H groups in total. The van der Waals surface area contributed by atoms with E-state index in [0.29, 0.717) is 23.1 Å². The molecule has 6 heteroatoms. The summed E-state index contributed by atoms with van der Waals surface area (Å²) in [6.45, 7) is 2.35. The van der Waals surface area contributed by atoms with Crippen LogP contribution < -0.4 is 5.32 Å². The summed E-state index contributed by atoms with van der Waals surface area (Å²) >= 11 is 1.49. The van der Waals surface area contributed by atoms with Crippen LogP contribution in [-0.4, -0.2) is 10.9 Å². The minimum atomic E-state index is -0.292. The Morgan fingerprint density at radius 2 is 1.86 bits per heavy atom. The van der Waals surface area contributed by atoms with E-state index in [1.165, 1.54) is 23.9 Å². The molecule has 29 heavy (non-hydrogen) atoms. The molecule has 0 aliphatic rings. The quantitative estimate of drug-likeness (QED) is 0.430. The second-order valence-corrected chi connectivity index (χ2v) is 7.63. The number of fused-ring (bicyclic) bond motifs is 1. The molecule has 1 aromatic heterocycles. The van der Waals surface area contributed by atoms with Crippen molar-refractivity contribution in [3.05, 3.63) is 94.8 Å². The van der Waals surface area contributed by atoms with E-state index in [4.69, 9.17) is 4.42 Å². The Morgan fingerprint density at radius 1 is 1.07 bits per heavy atom. The number of para-hydroxylation sites is 1. The number of aromatic nitrogens is 1. The van der Waals surface area contributed by atoms with Gasteiger partial charge in [0.15, 0.2) is 5.58 Å². The van der Waals surface area contributed by atoms with Gasteiger partial charge in [-0.05, 0) is 53.9 Å². The van der Waals surface area contributed by atoms with Crippen molar-refractivity contribution in [1.82, 2.24) is 10.3 Å². The Bertz CT molecular complexity index is 1160. The van der Waals surface area contributed by atoms with E-state index >= 15 is 0 Å². The highest BCUT2D eigenvalue weighted by molar-refractivity contribution is 7.98. The zero-order valence-corrected chi connectivity index (χ0v) is 16.6. The fraction of sp³-hybridized carbons (Fsp3) is 0.130. The number of nitrogens with one attached hydrogen (secondary N) is 1. The van der Waals surface area contributed by atoms with Crippen LogP contribution in [0.1, 0.15) is 27.0 Å². The molecule has 4 aromatic rings. The van der Waals surface area contributed by atoms with E-state index in [1.807, 2.05) is 43.3 Å². The maximum Gasteiger partial charge on any atom is 0.257 e. The molecule has 3 aromatic carbocycles. The second kappa shape index (κ2) is 8.49. The van der Waals surface area contributed by atoms with Gasteiger partial charge in [-0.2, -0.15) is 0 Å². The Kier molecular flexibility index (Phi) is 5.62. The summed E-state index contributed by atoms with van der Waals surface area (Å²) < 4.78 is 18.8. The van der Waals surface area contributed by atoms with Crippen LogP contribution in [0, 0.1) is 12.7 Å². The van der Waals surface area contributed by atoms with Gasteiger partial charge in [-0.15, -0.1) is 0 Å². The molecule has 0 saturated heterocycles. The molecule has 1 heterocycles. The molecular weight excluding hydrogens is 387 g/mol. The molecule has 0 saturated carbocycles. The molecule has 146 valence electrons. The summed E-state index contributed by atoms with van der Waals surface area (Å²) in [5.74, 6) is 0.184. The molecule has 0 fully saturated rings. The molecule has 0 spiro atoms. The van der Waals surface area contributed by atoms with Crippen molar-refractivity contribution in [3.63, 3.8) is 0 Å². The third-order valence-corrected chi connectivity index (χ3v) is 5.42. The number of carbonyl (C=O) groups is 1. The van der Waals surface area contributed by atoms with Gasteiger partial charge in [-0.3, -0.25) is 4.79 Å². The number of nitrogens with zero attached hydrogens (tertiary/aromatic N) is 1. The lowest BCUT2D eigenvalue weighted by molar-refractivity contribution is 0.0951. The van der Waals surface area contributed by atoms with E-state index in [2.05, 4.69) is 10.3 Å². The van der Waals surface area contributed by atoms with Crippen LogP contribution in [0.2, 0.25) is 0 Å². The highest BCUT2D eigenvalue weighted by Crippen LogP contribution is 2.27. The van der Waals surface area contributed by atoms with Crippen LogP contribution in [0.25, 0.3) is 11.1 Å². The molecule has 0 aliphatic heterocycles. The van der Waals surface area contributed by atoms with Crippen molar-refractivity contribution in [2.45, 2.75) is 24.4 Å². The van der Waals surface area contributed by atoms with Crippen LogP contribution in [0.15, 0.2) is 76.4 Å². The van der Waals surface area contributed by atoms with Gasteiger partial charge in [0.05, 0.1) is 0 Å². The lowest BCUT2D eigenvalue weighted by Gasteiger charge is -2.07. The topological polar surface area (TPSA) is 55.1 Å². The predicted octanol–water partition coefficient (Wildman–Crippen LogP) is 5.50. The third-order valence-electron chi connectivity index (χ3n) is 4.52. The number of hydrogen-bond acceptors (Lipinski definition) is 4. The van der Waals surface area contributed by atoms with Gasteiger partial charge in [0.25, 0.3) is 11.1 Å². The number of amides is 1. The first kappa shape index (κ1) is 19.2. The van der Waals surface area contributed by atoms with Crippen molar-refractivity contribution >= 4 is 28.8 Å². The van der Waals surface area contributed by atoms with Gasteiger partial charge in [0.2, 0.25) is 0 Å². The molecular formula is C23H19FN2O2S. The number of oxazole rings is 1. The summed E-state index contributed by atoms with van der Waals surface area (Å²) in [7, 11) is 0. The first-order valence-corrected chi connectivity index (χ1v) is 10.2. The van der Waals surface area contributed by atoms with Crippen LogP contribution in [0.5, 0.6) is 0 Å². The summed E-state index contributed by atoms with van der Waals surface area (Å²) in [5.41, 5.74) is 5.17. The lowest BCUT2D eigenvalue weighted by Crippen LogP contribution is -2.22. The first-order valence-electron chi connectivity index (χ1n) is 9.19. The van der Waals surface area contributed by atoms with Gasteiger partial charge in [-0.25, -0.2) is 9.37 Å². The van der Waals surface area contributed by atoms with Crippen LogP contribution in [0.3, 0.4) is 0 Å².